The van der Waals surface area contributed by atoms with Crippen LogP contribution in [0.25, 0.3) is 0 Å². The average molecular weight is 386 g/mol. The van der Waals surface area contributed by atoms with E-state index in [1.54, 1.807) is 11.3 Å². The number of para-hydroxylation sites is 1. The molecular formula is C22H27NO3S. The minimum absolute atomic E-state index is 0.0389. The summed E-state index contributed by atoms with van der Waals surface area (Å²) in [6.45, 7) is 4.37. The monoisotopic (exact) mass is 385 g/mol. The topological polar surface area (TPSA) is 55.4 Å². The Hall–Kier alpha value is -2.14. The lowest BCUT2D eigenvalue weighted by Gasteiger charge is -2.16. The van der Waals surface area contributed by atoms with Crippen molar-refractivity contribution in [3.05, 3.63) is 51.2 Å². The number of hydrogen-bond acceptors (Lipinski definition) is 4. The summed E-state index contributed by atoms with van der Waals surface area (Å²) in [7, 11) is 0. The molecule has 0 saturated heterocycles. The maximum Gasteiger partial charge on any atom is 0.220 e. The molecule has 3 rings (SSSR count). The molecule has 27 heavy (non-hydrogen) atoms. The molecule has 1 N–H and O–H groups in total. The molecule has 0 bridgehead atoms. The Morgan fingerprint density at radius 3 is 2.59 bits per heavy atom. The van der Waals surface area contributed by atoms with Gasteiger partial charge < -0.3 is 10.1 Å². The molecular weight excluding hydrogens is 358 g/mol. The van der Waals surface area contributed by atoms with Crippen LogP contribution < -0.4 is 10.1 Å². The second-order valence-corrected chi connectivity index (χ2v) is 8.62. The molecule has 1 aromatic heterocycles. The molecule has 0 radical (unpaired) electrons. The van der Waals surface area contributed by atoms with Crippen molar-refractivity contribution in [1.82, 2.24) is 5.32 Å². The number of amides is 1. The lowest BCUT2D eigenvalue weighted by Crippen LogP contribution is -2.24. The van der Waals surface area contributed by atoms with Gasteiger partial charge in [0.25, 0.3) is 0 Å². The first-order valence-corrected chi connectivity index (χ1v) is 10.5. The third-order valence-electron chi connectivity index (χ3n) is 4.96. The zero-order valence-electron chi connectivity index (χ0n) is 16.0. The molecule has 1 amide bonds. The van der Waals surface area contributed by atoms with Crippen molar-refractivity contribution in [2.45, 2.75) is 65.0 Å². The number of benzene rings is 1. The average Bonchev–Trinajstić information content (AvgIpc) is 3.28. The van der Waals surface area contributed by atoms with Crippen molar-refractivity contribution in [3.63, 3.8) is 0 Å². The highest BCUT2D eigenvalue weighted by Crippen LogP contribution is 2.26. The summed E-state index contributed by atoms with van der Waals surface area (Å²) in [6.07, 6.45) is 5.38. The van der Waals surface area contributed by atoms with Crippen molar-refractivity contribution >= 4 is 23.0 Å². The predicted octanol–water partition coefficient (Wildman–Crippen LogP) is 4.97. The van der Waals surface area contributed by atoms with Crippen LogP contribution in [0.3, 0.4) is 0 Å². The van der Waals surface area contributed by atoms with Gasteiger partial charge in [-0.25, -0.2) is 0 Å². The standard InChI is InChI=1S/C22H27NO3S/c1-15-13-19(16(2)27-15)20(24)11-12-22(25)23-14-17-7-3-6-10-21(17)26-18-8-4-5-9-18/h3,6-7,10,13,18H,4-5,8-9,11-12,14H2,1-2H3,(H,23,25). The number of thiophene rings is 1. The number of rotatable bonds is 8. The lowest BCUT2D eigenvalue weighted by atomic mass is 10.1. The normalized spacial score (nSPS) is 14.3. The number of nitrogens with one attached hydrogen (secondary N) is 1. The Bertz CT molecular complexity index is 806. The van der Waals surface area contributed by atoms with Crippen LogP contribution in [0.5, 0.6) is 5.75 Å². The van der Waals surface area contributed by atoms with E-state index in [0.717, 1.165) is 39.5 Å². The molecule has 1 fully saturated rings. The van der Waals surface area contributed by atoms with Crippen LogP contribution in [0.1, 0.15) is 64.2 Å². The Labute approximate surface area is 164 Å². The van der Waals surface area contributed by atoms with E-state index in [-0.39, 0.29) is 30.6 Å². The maximum atomic E-state index is 12.3. The molecule has 1 saturated carbocycles. The Morgan fingerprint density at radius 1 is 1.15 bits per heavy atom. The van der Waals surface area contributed by atoms with Crippen molar-refractivity contribution in [2.24, 2.45) is 0 Å². The predicted molar refractivity (Wildman–Crippen MR) is 109 cm³/mol. The molecule has 1 aliphatic carbocycles. The largest absolute Gasteiger partial charge is 0.490 e. The fourth-order valence-electron chi connectivity index (χ4n) is 3.50. The highest BCUT2D eigenvalue weighted by Gasteiger charge is 2.18. The van der Waals surface area contributed by atoms with E-state index in [1.165, 1.54) is 12.8 Å². The molecule has 144 valence electrons. The van der Waals surface area contributed by atoms with Crippen LogP contribution in [0.15, 0.2) is 30.3 Å². The third-order valence-corrected chi connectivity index (χ3v) is 5.93. The van der Waals surface area contributed by atoms with Gasteiger partial charge in [-0.3, -0.25) is 9.59 Å². The number of carbonyl (C=O) groups excluding carboxylic acids is 2. The van der Waals surface area contributed by atoms with Gasteiger partial charge in [0.05, 0.1) is 6.10 Å². The second kappa shape index (κ2) is 9.18. The summed E-state index contributed by atoms with van der Waals surface area (Å²) in [6, 6.07) is 9.77. The smallest absolute Gasteiger partial charge is 0.220 e. The van der Waals surface area contributed by atoms with E-state index < -0.39 is 0 Å². The zero-order valence-corrected chi connectivity index (χ0v) is 16.9. The molecule has 0 unspecified atom stereocenters. The molecule has 2 aromatic rings. The van der Waals surface area contributed by atoms with E-state index in [0.29, 0.717) is 6.54 Å². The highest BCUT2D eigenvalue weighted by atomic mass is 32.1. The number of hydrogen-bond donors (Lipinski definition) is 1. The number of ketones is 1. The summed E-state index contributed by atoms with van der Waals surface area (Å²) in [5, 5.41) is 2.92. The van der Waals surface area contributed by atoms with Gasteiger partial charge in [0.15, 0.2) is 5.78 Å². The Balaban J connectivity index is 1.49. The van der Waals surface area contributed by atoms with Crippen molar-refractivity contribution < 1.29 is 14.3 Å². The van der Waals surface area contributed by atoms with Crippen LogP contribution in [0.4, 0.5) is 0 Å². The van der Waals surface area contributed by atoms with Gasteiger partial charge in [0.1, 0.15) is 5.75 Å². The number of Topliss-reactive ketones (excluding diaryl/α,β-unsaturated/α-hetero) is 1. The van der Waals surface area contributed by atoms with E-state index in [2.05, 4.69) is 5.32 Å². The molecule has 4 nitrogen and oxygen atoms in total. The lowest BCUT2D eigenvalue weighted by molar-refractivity contribution is -0.121. The van der Waals surface area contributed by atoms with E-state index in [1.807, 2.05) is 44.2 Å². The number of carbonyl (C=O) groups is 2. The quantitative estimate of drug-likeness (QED) is 0.653. The molecule has 5 heteroatoms. The van der Waals surface area contributed by atoms with Crippen molar-refractivity contribution in [3.8, 4) is 5.75 Å². The first-order chi connectivity index (χ1) is 13.0. The third kappa shape index (κ3) is 5.42. The molecule has 0 atom stereocenters. The fraction of sp³-hybridized carbons (Fsp3) is 0.455. The summed E-state index contributed by atoms with van der Waals surface area (Å²) >= 11 is 1.62. The van der Waals surface area contributed by atoms with Crippen LogP contribution in [0.2, 0.25) is 0 Å². The minimum Gasteiger partial charge on any atom is -0.490 e. The zero-order chi connectivity index (χ0) is 19.2. The van der Waals surface area contributed by atoms with Gasteiger partial charge in [0, 0.05) is 40.3 Å². The second-order valence-electron chi connectivity index (χ2n) is 7.16. The van der Waals surface area contributed by atoms with Crippen molar-refractivity contribution in [2.75, 3.05) is 0 Å². The first-order valence-electron chi connectivity index (χ1n) is 9.64. The SMILES string of the molecule is Cc1cc(C(=O)CCC(=O)NCc2ccccc2OC2CCCC2)c(C)s1. The van der Waals surface area contributed by atoms with E-state index >= 15 is 0 Å². The van der Waals surface area contributed by atoms with Gasteiger partial charge in [-0.15, -0.1) is 11.3 Å². The van der Waals surface area contributed by atoms with Gasteiger partial charge in [-0.1, -0.05) is 18.2 Å². The summed E-state index contributed by atoms with van der Waals surface area (Å²) < 4.78 is 6.11. The summed E-state index contributed by atoms with van der Waals surface area (Å²) in [5.74, 6) is 0.783. The Kier molecular flexibility index (Phi) is 6.67. The molecule has 1 heterocycles. The summed E-state index contributed by atoms with van der Waals surface area (Å²) in [5.41, 5.74) is 1.73. The van der Waals surface area contributed by atoms with E-state index in [9.17, 15) is 9.59 Å². The molecule has 1 aliphatic rings. The van der Waals surface area contributed by atoms with Gasteiger partial charge in [-0.2, -0.15) is 0 Å². The molecule has 0 aliphatic heterocycles. The van der Waals surface area contributed by atoms with Gasteiger partial charge >= 0.3 is 0 Å². The highest BCUT2D eigenvalue weighted by molar-refractivity contribution is 7.12. The van der Waals surface area contributed by atoms with Crippen LogP contribution in [-0.4, -0.2) is 17.8 Å². The minimum atomic E-state index is -0.108. The first kappa shape index (κ1) is 19.6. The van der Waals surface area contributed by atoms with Crippen LogP contribution in [-0.2, 0) is 11.3 Å². The molecule has 1 aromatic carbocycles. The summed E-state index contributed by atoms with van der Waals surface area (Å²) in [4.78, 5) is 26.7. The van der Waals surface area contributed by atoms with E-state index in [4.69, 9.17) is 4.74 Å². The number of aryl methyl sites for hydroxylation is 2. The van der Waals surface area contributed by atoms with Crippen molar-refractivity contribution in [1.29, 1.82) is 0 Å². The molecule has 0 spiro atoms. The van der Waals surface area contributed by atoms with Gasteiger partial charge in [0.2, 0.25) is 5.91 Å². The van der Waals surface area contributed by atoms with Gasteiger partial charge in [-0.05, 0) is 51.7 Å². The maximum absolute atomic E-state index is 12.3. The van der Waals surface area contributed by atoms with Crippen LogP contribution >= 0.6 is 11.3 Å². The fourth-order valence-corrected chi connectivity index (χ4v) is 4.44. The van der Waals surface area contributed by atoms with Crippen LogP contribution in [0, 0.1) is 13.8 Å². The number of ether oxygens (including phenoxy) is 1. The Morgan fingerprint density at radius 2 is 1.89 bits per heavy atom.